The summed E-state index contributed by atoms with van der Waals surface area (Å²) in [7, 11) is 1.66. The molecule has 4 rings (SSSR count). The van der Waals surface area contributed by atoms with Crippen LogP contribution in [0.4, 0.5) is 0 Å². The van der Waals surface area contributed by atoms with Crippen LogP contribution in [0, 0.1) is 0 Å². The van der Waals surface area contributed by atoms with Crippen molar-refractivity contribution in [3.05, 3.63) is 71.0 Å². The van der Waals surface area contributed by atoms with E-state index in [1.165, 1.54) is 11.3 Å². The molecule has 0 aliphatic heterocycles. The lowest BCUT2D eigenvalue weighted by molar-refractivity contribution is 0.304. The van der Waals surface area contributed by atoms with Crippen LogP contribution in [0.5, 0.6) is 11.5 Å². The molecular formula is C18H16N4O2S. The summed E-state index contributed by atoms with van der Waals surface area (Å²) in [5, 5.41) is 13.9. The highest BCUT2D eigenvalue weighted by molar-refractivity contribution is 7.16. The quantitative estimate of drug-likeness (QED) is 0.532. The van der Waals surface area contributed by atoms with Crippen LogP contribution in [0.25, 0.3) is 4.96 Å². The first-order valence-corrected chi connectivity index (χ1v) is 8.64. The summed E-state index contributed by atoms with van der Waals surface area (Å²) in [4.78, 5) is 0.773. The Balaban J connectivity index is 1.49. The molecule has 0 aliphatic rings. The summed E-state index contributed by atoms with van der Waals surface area (Å²) in [6.45, 7) is 0.417. The van der Waals surface area contributed by atoms with E-state index < -0.39 is 0 Å². The summed E-state index contributed by atoms with van der Waals surface area (Å²) in [5.41, 5.74) is 1.13. The van der Waals surface area contributed by atoms with Gasteiger partial charge in [0, 0.05) is 6.42 Å². The molecule has 2 aromatic carbocycles. The molecule has 25 heavy (non-hydrogen) atoms. The maximum Gasteiger partial charge on any atom is 0.234 e. The molecule has 2 heterocycles. The SMILES string of the molecule is COc1ccc(Cc2nnc3sc(COc4ccccc4)nn23)cc1. The molecule has 0 spiro atoms. The van der Waals surface area contributed by atoms with Crippen LogP contribution in [-0.2, 0) is 13.0 Å². The number of benzene rings is 2. The first-order valence-electron chi connectivity index (χ1n) is 7.82. The van der Waals surface area contributed by atoms with Gasteiger partial charge in [-0.25, -0.2) is 0 Å². The van der Waals surface area contributed by atoms with Gasteiger partial charge in [-0.3, -0.25) is 0 Å². The molecule has 0 unspecified atom stereocenters. The van der Waals surface area contributed by atoms with Crippen molar-refractivity contribution in [1.29, 1.82) is 0 Å². The Labute approximate surface area is 148 Å². The predicted molar refractivity (Wildman–Crippen MR) is 95.2 cm³/mol. The molecule has 0 N–H and O–H groups in total. The number of nitrogens with zero attached hydrogens (tertiary/aromatic N) is 4. The Kier molecular flexibility index (Phi) is 4.30. The van der Waals surface area contributed by atoms with Crippen LogP contribution in [0.1, 0.15) is 16.4 Å². The fourth-order valence-corrected chi connectivity index (χ4v) is 3.22. The number of aromatic nitrogens is 4. The van der Waals surface area contributed by atoms with E-state index in [-0.39, 0.29) is 0 Å². The number of hydrogen-bond donors (Lipinski definition) is 0. The number of methoxy groups -OCH3 is 1. The molecule has 0 saturated carbocycles. The largest absolute Gasteiger partial charge is 0.497 e. The Morgan fingerprint density at radius 1 is 0.960 bits per heavy atom. The minimum Gasteiger partial charge on any atom is -0.497 e. The van der Waals surface area contributed by atoms with E-state index in [4.69, 9.17) is 9.47 Å². The second-order valence-corrected chi connectivity index (χ2v) is 6.47. The average Bonchev–Trinajstić information content (AvgIpc) is 3.23. The third-order valence-electron chi connectivity index (χ3n) is 3.72. The Hall–Kier alpha value is -2.93. The summed E-state index contributed by atoms with van der Waals surface area (Å²) in [6, 6.07) is 17.6. The van der Waals surface area contributed by atoms with E-state index in [2.05, 4.69) is 15.3 Å². The lowest BCUT2D eigenvalue weighted by atomic mass is 10.1. The van der Waals surface area contributed by atoms with Gasteiger partial charge in [0.15, 0.2) is 10.8 Å². The highest BCUT2D eigenvalue weighted by Crippen LogP contribution is 2.19. The zero-order chi connectivity index (χ0) is 17.1. The van der Waals surface area contributed by atoms with Gasteiger partial charge in [-0.15, -0.1) is 10.2 Å². The highest BCUT2D eigenvalue weighted by atomic mass is 32.1. The Bertz CT molecular complexity index is 964. The van der Waals surface area contributed by atoms with Crippen molar-refractivity contribution < 1.29 is 9.47 Å². The van der Waals surface area contributed by atoms with E-state index in [9.17, 15) is 0 Å². The zero-order valence-corrected chi connectivity index (χ0v) is 14.4. The van der Waals surface area contributed by atoms with Gasteiger partial charge in [0.25, 0.3) is 0 Å². The molecule has 4 aromatic rings. The molecule has 126 valence electrons. The molecule has 0 saturated heterocycles. The summed E-state index contributed by atoms with van der Waals surface area (Å²) in [5.74, 6) is 2.47. The van der Waals surface area contributed by atoms with Crippen LogP contribution in [0.2, 0.25) is 0 Å². The van der Waals surface area contributed by atoms with Crippen molar-refractivity contribution in [2.24, 2.45) is 0 Å². The topological polar surface area (TPSA) is 61.5 Å². The molecule has 0 amide bonds. The molecule has 0 radical (unpaired) electrons. The number of rotatable bonds is 6. The highest BCUT2D eigenvalue weighted by Gasteiger charge is 2.12. The monoisotopic (exact) mass is 352 g/mol. The fraction of sp³-hybridized carbons (Fsp3) is 0.167. The van der Waals surface area contributed by atoms with Crippen LogP contribution in [0.15, 0.2) is 54.6 Å². The molecular weight excluding hydrogens is 336 g/mol. The Morgan fingerprint density at radius 3 is 2.52 bits per heavy atom. The summed E-state index contributed by atoms with van der Waals surface area (Å²) in [6.07, 6.45) is 0.661. The third-order valence-corrected chi connectivity index (χ3v) is 4.60. The first-order chi connectivity index (χ1) is 12.3. The second-order valence-electron chi connectivity index (χ2n) is 5.43. The van der Waals surface area contributed by atoms with E-state index in [0.29, 0.717) is 13.0 Å². The number of hydrogen-bond acceptors (Lipinski definition) is 6. The van der Waals surface area contributed by atoms with Crippen molar-refractivity contribution in [2.75, 3.05) is 7.11 Å². The normalized spacial score (nSPS) is 10.9. The van der Waals surface area contributed by atoms with Gasteiger partial charge in [0.05, 0.1) is 7.11 Å². The van der Waals surface area contributed by atoms with Gasteiger partial charge in [0.2, 0.25) is 4.96 Å². The van der Waals surface area contributed by atoms with Crippen molar-refractivity contribution in [1.82, 2.24) is 19.8 Å². The van der Waals surface area contributed by atoms with Gasteiger partial charge in [0.1, 0.15) is 18.1 Å². The first kappa shape index (κ1) is 15.6. The molecule has 6 nitrogen and oxygen atoms in total. The number of fused-ring (bicyclic) bond motifs is 1. The molecule has 0 fully saturated rings. The van der Waals surface area contributed by atoms with Crippen LogP contribution in [0.3, 0.4) is 0 Å². The van der Waals surface area contributed by atoms with E-state index in [1.54, 1.807) is 11.6 Å². The van der Waals surface area contributed by atoms with E-state index >= 15 is 0 Å². The minimum atomic E-state index is 0.417. The van der Waals surface area contributed by atoms with Crippen molar-refractivity contribution in [2.45, 2.75) is 13.0 Å². The predicted octanol–water partition coefficient (Wildman–Crippen LogP) is 3.36. The molecule has 0 atom stereocenters. The fourth-order valence-electron chi connectivity index (χ4n) is 2.45. The summed E-state index contributed by atoms with van der Waals surface area (Å²) >= 11 is 1.49. The van der Waals surface area contributed by atoms with Gasteiger partial charge in [-0.05, 0) is 29.8 Å². The summed E-state index contributed by atoms with van der Waals surface area (Å²) < 4.78 is 12.7. The van der Waals surface area contributed by atoms with Crippen LogP contribution in [-0.4, -0.2) is 26.9 Å². The number of ether oxygens (including phenoxy) is 2. The van der Waals surface area contributed by atoms with Gasteiger partial charge < -0.3 is 9.47 Å². The van der Waals surface area contributed by atoms with Crippen molar-refractivity contribution in [3.8, 4) is 11.5 Å². The minimum absolute atomic E-state index is 0.417. The zero-order valence-electron chi connectivity index (χ0n) is 13.6. The van der Waals surface area contributed by atoms with E-state index in [0.717, 1.165) is 32.9 Å². The Morgan fingerprint density at radius 2 is 1.76 bits per heavy atom. The van der Waals surface area contributed by atoms with Gasteiger partial charge in [-0.2, -0.15) is 9.61 Å². The molecule has 7 heteroatoms. The second kappa shape index (κ2) is 6.90. The third kappa shape index (κ3) is 3.46. The number of para-hydroxylation sites is 1. The lowest BCUT2D eigenvalue weighted by Gasteiger charge is -2.02. The van der Waals surface area contributed by atoms with Crippen LogP contribution < -0.4 is 9.47 Å². The maximum absolute atomic E-state index is 5.75. The molecule has 2 aromatic heterocycles. The van der Waals surface area contributed by atoms with E-state index in [1.807, 2.05) is 54.6 Å². The maximum atomic E-state index is 5.75. The molecule has 0 bridgehead atoms. The lowest BCUT2D eigenvalue weighted by Crippen LogP contribution is -2.00. The van der Waals surface area contributed by atoms with Gasteiger partial charge in [-0.1, -0.05) is 41.7 Å². The smallest absolute Gasteiger partial charge is 0.234 e. The van der Waals surface area contributed by atoms with Crippen LogP contribution >= 0.6 is 11.3 Å². The standard InChI is InChI=1S/C18H16N4O2S/c1-23-14-9-7-13(8-10-14)11-16-19-20-18-22(16)21-17(25-18)12-24-15-5-3-2-4-6-15/h2-10H,11-12H2,1H3. The van der Waals surface area contributed by atoms with Crippen molar-refractivity contribution in [3.63, 3.8) is 0 Å². The van der Waals surface area contributed by atoms with Gasteiger partial charge >= 0.3 is 0 Å². The molecule has 0 aliphatic carbocycles. The average molecular weight is 352 g/mol. The van der Waals surface area contributed by atoms with Crippen molar-refractivity contribution >= 4 is 16.3 Å².